The molecule has 0 aliphatic heterocycles. The summed E-state index contributed by atoms with van der Waals surface area (Å²) in [6, 6.07) is 22.0. The molecule has 0 saturated heterocycles. The smallest absolute Gasteiger partial charge is 0.428 e. The second kappa shape index (κ2) is 32.4. The van der Waals surface area contributed by atoms with Crippen LogP contribution in [0.5, 0.6) is 34.5 Å². The molecular weight excluding hydrogens is 1480 g/mol. The monoisotopic (exact) mass is 1600 g/mol. The Bertz CT molecular complexity index is 4540. The van der Waals surface area contributed by atoms with Gasteiger partial charge in [-0.05, 0) is 170 Å². The highest BCUT2D eigenvalue weighted by Gasteiger charge is 2.49. The van der Waals surface area contributed by atoms with E-state index < -0.39 is 125 Å². The fourth-order valence-corrected chi connectivity index (χ4v) is 13.4. The van der Waals surface area contributed by atoms with Crippen LogP contribution in [-0.4, -0.2) is 72.3 Å². The molecule has 626 valence electrons. The van der Waals surface area contributed by atoms with Gasteiger partial charge in [-0.3, -0.25) is 0 Å². The molecule has 3 amide bonds. The van der Waals surface area contributed by atoms with Crippen LogP contribution >= 0.6 is 0 Å². The maximum Gasteiger partial charge on any atom is 0.534 e. The number of hydrogen-bond acceptors (Lipinski definition) is 15. The number of carbonyl (C=O) groups is 5. The molecule has 1 aliphatic carbocycles. The first-order chi connectivity index (χ1) is 51.2. The van der Waals surface area contributed by atoms with E-state index in [9.17, 15) is 32.4 Å². The summed E-state index contributed by atoms with van der Waals surface area (Å²) in [5, 5.41) is 8.96. The zero-order chi connectivity index (χ0) is 86.7. The topological polar surface area (TPSA) is 229 Å². The van der Waals surface area contributed by atoms with Crippen LogP contribution in [-0.2, 0) is 90.6 Å². The quantitative estimate of drug-likeness (QED) is 0.0583. The molecule has 7 rings (SSSR count). The molecule has 0 atom stereocenters. The summed E-state index contributed by atoms with van der Waals surface area (Å²) < 4.78 is 126. The van der Waals surface area contributed by atoms with Crippen LogP contribution in [0.15, 0.2) is 72.8 Å². The zero-order valence-electron chi connectivity index (χ0n) is 73.8. The summed E-state index contributed by atoms with van der Waals surface area (Å²) in [6.07, 6.45) is -6.33. The molecule has 0 aromatic heterocycles. The lowest BCUT2D eigenvalue weighted by atomic mass is 9.79. The molecule has 0 fully saturated rings. The average Bonchev–Trinajstić information content (AvgIpc) is 0.761. The van der Waals surface area contributed by atoms with E-state index in [0.717, 1.165) is 16.7 Å². The lowest BCUT2D eigenvalue weighted by Crippen LogP contribution is -2.42. The SMILES string of the molecule is CC(C)(C)NC(=O)Oc1c2cc(C(C)(C)C)cc1Cc1cc(C(C)(C)C)cc(c1OC(=O)NC(C)(C)C)Cc1cc(C(C)(C)C)cc(c1OC(=O)OC(C)(C)C)Cc1cc(C(C)(C)C)cc(c1OS(=O)(=O)C(F)(F)F)Cc1cc(C(C)(C)C)cc(c1OC(=O)OC(C)(C)C)Cc1cc(C(C)(C)C)cc(c1OC(=O)NC(C)(C)C)C2. The van der Waals surface area contributed by atoms with E-state index in [1.165, 1.54) is 0 Å². The highest BCUT2D eigenvalue weighted by molar-refractivity contribution is 7.88. The molecule has 22 heteroatoms. The third-order valence-electron chi connectivity index (χ3n) is 18.6. The Morgan fingerprint density at radius 1 is 0.272 bits per heavy atom. The van der Waals surface area contributed by atoms with Crippen LogP contribution < -0.4 is 43.8 Å². The van der Waals surface area contributed by atoms with Crippen molar-refractivity contribution in [3.05, 3.63) is 173 Å². The van der Waals surface area contributed by atoms with Gasteiger partial charge in [0.15, 0.2) is 0 Å². The van der Waals surface area contributed by atoms with Gasteiger partial charge in [0.1, 0.15) is 45.7 Å². The number of rotatable bonds is 7. The van der Waals surface area contributed by atoms with Crippen LogP contribution in [0.3, 0.4) is 0 Å². The van der Waals surface area contributed by atoms with E-state index in [0.29, 0.717) is 61.2 Å². The predicted molar refractivity (Wildman–Crippen MR) is 444 cm³/mol. The van der Waals surface area contributed by atoms with Crippen molar-refractivity contribution < 1.29 is 82.9 Å². The molecule has 6 aromatic carbocycles. The fraction of sp³-hybridized carbons (Fsp3) is 0.554. The van der Waals surface area contributed by atoms with Gasteiger partial charge < -0.3 is 53.3 Å². The first kappa shape index (κ1) is 92.4. The molecule has 0 spiro atoms. The minimum atomic E-state index is -6.56. The van der Waals surface area contributed by atoms with Crippen molar-refractivity contribution in [3.63, 3.8) is 0 Å². The van der Waals surface area contributed by atoms with Gasteiger partial charge in [0.2, 0.25) is 0 Å². The summed E-state index contributed by atoms with van der Waals surface area (Å²) in [6.45, 7) is 61.9. The summed E-state index contributed by atoms with van der Waals surface area (Å²) in [4.78, 5) is 74.4. The highest BCUT2D eigenvalue weighted by atomic mass is 32.2. The highest BCUT2D eigenvalue weighted by Crippen LogP contribution is 2.48. The Balaban J connectivity index is 1.89. The van der Waals surface area contributed by atoms with E-state index in [-0.39, 0.29) is 76.7 Å². The molecule has 1 aliphatic rings. The summed E-state index contributed by atoms with van der Waals surface area (Å²) >= 11 is 0. The molecule has 18 nitrogen and oxygen atoms in total. The van der Waals surface area contributed by atoms with Gasteiger partial charge in [-0.25, -0.2) is 24.0 Å². The largest absolute Gasteiger partial charge is 0.534 e. The van der Waals surface area contributed by atoms with Crippen molar-refractivity contribution in [2.24, 2.45) is 0 Å². The van der Waals surface area contributed by atoms with Gasteiger partial charge in [-0.2, -0.15) is 21.6 Å². The lowest BCUT2D eigenvalue weighted by Gasteiger charge is -2.29. The van der Waals surface area contributed by atoms with Gasteiger partial charge in [0.25, 0.3) is 0 Å². The van der Waals surface area contributed by atoms with E-state index in [1.807, 2.05) is 173 Å². The summed E-state index contributed by atoms with van der Waals surface area (Å²) in [5.74, 6) is -0.691. The van der Waals surface area contributed by atoms with E-state index in [4.69, 9.17) is 37.3 Å². The fourth-order valence-electron chi connectivity index (χ4n) is 12.8. The lowest BCUT2D eigenvalue weighted by molar-refractivity contribution is -0.0500. The van der Waals surface area contributed by atoms with Crippen molar-refractivity contribution in [3.8, 4) is 34.5 Å². The number of halogens is 3. The second-order valence-corrected chi connectivity index (χ2v) is 43.2. The van der Waals surface area contributed by atoms with Crippen LogP contribution in [0.4, 0.5) is 37.1 Å². The number of carbonyl (C=O) groups excluding carboxylic acids is 5. The Hall–Kier alpha value is -8.79. The molecule has 3 N–H and O–H groups in total. The normalized spacial score (nSPS) is 14.0. The molecule has 12 bridgehead atoms. The first-order valence-corrected chi connectivity index (χ1v) is 40.4. The minimum absolute atomic E-state index is 0.0735. The van der Waals surface area contributed by atoms with Gasteiger partial charge in [-0.15, -0.1) is 0 Å². The molecular formula is C92H126F3N3O15S. The minimum Gasteiger partial charge on any atom is -0.428 e. The Morgan fingerprint density at radius 3 is 0.570 bits per heavy atom. The molecule has 6 aromatic rings. The molecule has 0 unspecified atom stereocenters. The second-order valence-electron chi connectivity index (χ2n) is 41.7. The van der Waals surface area contributed by atoms with Gasteiger partial charge in [0, 0.05) is 122 Å². The van der Waals surface area contributed by atoms with Crippen molar-refractivity contribution in [1.29, 1.82) is 0 Å². The van der Waals surface area contributed by atoms with Gasteiger partial charge in [-0.1, -0.05) is 197 Å². The summed E-state index contributed by atoms with van der Waals surface area (Å²) in [7, 11) is -6.56. The third kappa shape index (κ3) is 25.4. The first-order valence-electron chi connectivity index (χ1n) is 39.0. The standard InChI is InChI=1S/C92H126F3N3O15S/c1-81(2,3)64-40-52-34-54-42-65(82(4,5)6)44-56(71(54)107-77(100)97-88(22,23)24)36-58-46-67(84(10,11)12)48-60(73(58)109-79(102)111-90(28,29)30)38-62-50-69(86(16,17)18)51-63(75(62)113-114(104,105)92(93,94)95)39-61-49-68(85(13,14)15)47-59(74(61)110-80(103)112-91(31,32)33)37-57-45-66(83(7,8)9)43-55(72(57)108-78(101)98-89(25,26)27)35-53(41-64)70(52)106-76(99)96-87(19,20)21/h40-51H,34-39H2,1-33H3,(H,96,99)(H,97,100)(H,98,101). The third-order valence-corrected chi connectivity index (χ3v) is 19.5. The molecule has 0 saturated carbocycles. The van der Waals surface area contributed by atoms with Crippen molar-refractivity contribution in [2.45, 2.75) is 333 Å². The van der Waals surface area contributed by atoms with Crippen molar-refractivity contribution >= 4 is 40.7 Å². The van der Waals surface area contributed by atoms with Crippen molar-refractivity contribution in [1.82, 2.24) is 16.0 Å². The van der Waals surface area contributed by atoms with Gasteiger partial charge >= 0.3 is 46.2 Å². The van der Waals surface area contributed by atoms with Crippen LogP contribution in [0.1, 0.15) is 329 Å². The molecule has 0 heterocycles. The van der Waals surface area contributed by atoms with Crippen LogP contribution in [0.2, 0.25) is 0 Å². The maximum atomic E-state index is 15.5. The van der Waals surface area contributed by atoms with E-state index in [1.54, 1.807) is 107 Å². The average molecular weight is 1600 g/mol. The number of ether oxygens (including phenoxy) is 7. The Kier molecular flexibility index (Phi) is 26.2. The Labute approximate surface area is 676 Å². The van der Waals surface area contributed by atoms with E-state index >= 15 is 13.2 Å². The zero-order valence-corrected chi connectivity index (χ0v) is 74.7. The summed E-state index contributed by atoms with van der Waals surface area (Å²) in [5.41, 5.74) is -7.69. The Morgan fingerprint density at radius 2 is 0.430 bits per heavy atom. The van der Waals surface area contributed by atoms with Gasteiger partial charge in [0.05, 0.1) is 0 Å². The maximum absolute atomic E-state index is 15.5. The van der Waals surface area contributed by atoms with Crippen LogP contribution in [0.25, 0.3) is 0 Å². The molecule has 0 radical (unpaired) electrons. The van der Waals surface area contributed by atoms with Crippen LogP contribution in [0, 0.1) is 0 Å². The number of benzene rings is 6. The number of amides is 3. The number of fused-ring (bicyclic) bond motifs is 12. The van der Waals surface area contributed by atoms with E-state index in [2.05, 4.69) is 36.7 Å². The number of alkyl halides is 3. The number of hydrogen-bond donors (Lipinski definition) is 3. The molecule has 114 heavy (non-hydrogen) atoms. The number of nitrogens with one attached hydrogen (secondary N) is 3. The van der Waals surface area contributed by atoms with Crippen molar-refractivity contribution in [2.75, 3.05) is 0 Å². The predicted octanol–water partition coefficient (Wildman–Crippen LogP) is 22.8.